The molecule has 176 valence electrons. The minimum Gasteiger partial charge on any atom is -0.468 e. The molecule has 3 aliphatic rings. The van der Waals surface area contributed by atoms with Gasteiger partial charge in [-0.15, -0.1) is 0 Å². The molecule has 8 nitrogen and oxygen atoms in total. The maximum absolute atomic E-state index is 13.7. The predicted octanol–water partition coefficient (Wildman–Crippen LogP) is 3.37. The Hall–Kier alpha value is -3.29. The molecule has 0 bridgehead atoms. The molecule has 0 saturated heterocycles. The third-order valence-corrected chi connectivity index (χ3v) is 6.58. The first kappa shape index (κ1) is 22.9. The zero-order valence-electron chi connectivity index (χ0n) is 19.5. The summed E-state index contributed by atoms with van der Waals surface area (Å²) in [5, 5.41) is 3.26. The van der Waals surface area contributed by atoms with E-state index in [9.17, 15) is 14.4 Å². The second kappa shape index (κ2) is 8.92. The molecule has 0 aromatic heterocycles. The molecular weight excluding hydrogens is 426 g/mol. The molecule has 1 N–H and O–H groups in total. The molecule has 1 aliphatic carbocycles. The number of ether oxygens (including phenoxy) is 4. The van der Waals surface area contributed by atoms with E-state index in [2.05, 4.69) is 5.32 Å². The van der Waals surface area contributed by atoms with Crippen LogP contribution in [0.4, 0.5) is 0 Å². The third kappa shape index (κ3) is 3.98. The summed E-state index contributed by atoms with van der Waals surface area (Å²) in [6.45, 7) is 7.52. The predicted molar refractivity (Wildman–Crippen MR) is 118 cm³/mol. The molecule has 0 unspecified atom stereocenters. The lowest BCUT2D eigenvalue weighted by Crippen LogP contribution is -2.43. The van der Waals surface area contributed by atoms with Gasteiger partial charge in [-0.05, 0) is 50.3 Å². The van der Waals surface area contributed by atoms with E-state index in [1.807, 2.05) is 26.8 Å². The normalized spacial score (nSPS) is 24.8. The minimum absolute atomic E-state index is 0.109. The van der Waals surface area contributed by atoms with E-state index >= 15 is 0 Å². The van der Waals surface area contributed by atoms with Crippen LogP contribution in [0.15, 0.2) is 40.7 Å². The lowest BCUT2D eigenvalue weighted by atomic mass is 9.69. The molecule has 0 saturated carbocycles. The number of nitrogens with one attached hydrogen (secondary N) is 1. The standard InChI is InChI=1S/C25H29NO7/c1-6-13(3)33-25(29)20-14(4)26-16-9-12(2)19(24(28)30-5)23(27)22(16)21(20)15-7-8-17-18(10-15)32-11-31-17/h7-8,10,12-13,19,21,26H,6,9,11H2,1-5H3/t12-,13+,19-,21-/m0/s1. The zero-order chi connectivity index (χ0) is 23.9. The van der Waals surface area contributed by atoms with Gasteiger partial charge in [0.25, 0.3) is 0 Å². The molecule has 4 atom stereocenters. The summed E-state index contributed by atoms with van der Waals surface area (Å²) in [4.78, 5) is 39.5. The smallest absolute Gasteiger partial charge is 0.337 e. The Balaban J connectivity index is 1.85. The Morgan fingerprint density at radius 2 is 1.97 bits per heavy atom. The van der Waals surface area contributed by atoms with Crippen molar-refractivity contribution in [2.45, 2.75) is 52.6 Å². The number of hydrogen-bond donors (Lipinski definition) is 1. The molecule has 1 aromatic rings. The summed E-state index contributed by atoms with van der Waals surface area (Å²) < 4.78 is 21.6. The maximum Gasteiger partial charge on any atom is 0.337 e. The summed E-state index contributed by atoms with van der Waals surface area (Å²) in [6.07, 6.45) is 0.859. The molecule has 8 heteroatoms. The van der Waals surface area contributed by atoms with Gasteiger partial charge in [0.2, 0.25) is 6.79 Å². The van der Waals surface area contributed by atoms with Crippen LogP contribution in [0.3, 0.4) is 0 Å². The van der Waals surface area contributed by atoms with Gasteiger partial charge >= 0.3 is 11.9 Å². The molecule has 0 amide bonds. The highest BCUT2D eigenvalue weighted by molar-refractivity contribution is 6.12. The fourth-order valence-electron chi connectivity index (χ4n) is 4.71. The lowest BCUT2D eigenvalue weighted by molar-refractivity contribution is -0.151. The van der Waals surface area contributed by atoms with Crippen LogP contribution in [0.1, 0.15) is 52.0 Å². The van der Waals surface area contributed by atoms with Gasteiger partial charge in [-0.1, -0.05) is 19.9 Å². The SMILES string of the molecule is CC[C@@H](C)OC(=O)C1=C(C)NC2=C(C(=O)[C@@H](C(=O)OC)[C@@H](C)C2)[C@H]1c1ccc2c(c1)OCO2. The van der Waals surface area contributed by atoms with Crippen molar-refractivity contribution in [1.82, 2.24) is 5.32 Å². The van der Waals surface area contributed by atoms with E-state index in [1.165, 1.54) is 7.11 Å². The van der Waals surface area contributed by atoms with Crippen molar-refractivity contribution in [2.75, 3.05) is 13.9 Å². The van der Waals surface area contributed by atoms with Crippen molar-refractivity contribution in [3.05, 3.63) is 46.3 Å². The monoisotopic (exact) mass is 455 g/mol. The van der Waals surface area contributed by atoms with Gasteiger partial charge < -0.3 is 24.3 Å². The van der Waals surface area contributed by atoms with Crippen LogP contribution in [-0.4, -0.2) is 37.7 Å². The molecule has 0 spiro atoms. The minimum atomic E-state index is -0.933. The Morgan fingerprint density at radius 3 is 2.67 bits per heavy atom. The number of dihydropyridines is 1. The Bertz CT molecular complexity index is 1070. The number of allylic oxidation sites excluding steroid dienone is 3. The molecule has 2 heterocycles. The fourth-order valence-corrected chi connectivity index (χ4v) is 4.71. The Labute approximate surface area is 192 Å². The average molecular weight is 456 g/mol. The van der Waals surface area contributed by atoms with E-state index in [4.69, 9.17) is 18.9 Å². The first-order valence-electron chi connectivity index (χ1n) is 11.2. The van der Waals surface area contributed by atoms with Gasteiger partial charge in [-0.3, -0.25) is 9.59 Å². The van der Waals surface area contributed by atoms with Crippen LogP contribution in [0.5, 0.6) is 11.5 Å². The van der Waals surface area contributed by atoms with E-state index in [-0.39, 0.29) is 24.6 Å². The highest BCUT2D eigenvalue weighted by Gasteiger charge is 2.47. The van der Waals surface area contributed by atoms with Crippen LogP contribution >= 0.6 is 0 Å². The molecule has 33 heavy (non-hydrogen) atoms. The number of carbonyl (C=O) groups is 3. The number of fused-ring (bicyclic) bond motifs is 1. The van der Waals surface area contributed by atoms with Crippen molar-refractivity contribution in [2.24, 2.45) is 11.8 Å². The van der Waals surface area contributed by atoms with Crippen LogP contribution < -0.4 is 14.8 Å². The number of ketones is 1. The van der Waals surface area contributed by atoms with Gasteiger partial charge in [0.15, 0.2) is 17.3 Å². The largest absolute Gasteiger partial charge is 0.468 e. The van der Waals surface area contributed by atoms with Crippen molar-refractivity contribution in [3.63, 3.8) is 0 Å². The number of rotatable bonds is 5. The van der Waals surface area contributed by atoms with Gasteiger partial charge in [0.05, 0.1) is 18.8 Å². The first-order chi connectivity index (χ1) is 15.8. The summed E-state index contributed by atoms with van der Waals surface area (Å²) in [7, 11) is 1.28. The number of esters is 2. The quantitative estimate of drug-likeness (QED) is 0.533. The Morgan fingerprint density at radius 1 is 1.24 bits per heavy atom. The zero-order valence-corrected chi connectivity index (χ0v) is 19.5. The van der Waals surface area contributed by atoms with Crippen LogP contribution in [-0.2, 0) is 23.9 Å². The summed E-state index contributed by atoms with van der Waals surface area (Å²) in [5.74, 6) is -2.15. The van der Waals surface area contributed by atoms with E-state index < -0.39 is 23.8 Å². The van der Waals surface area contributed by atoms with Crippen LogP contribution in [0, 0.1) is 11.8 Å². The van der Waals surface area contributed by atoms with Crippen molar-refractivity contribution in [3.8, 4) is 11.5 Å². The second-order valence-electron chi connectivity index (χ2n) is 8.77. The van der Waals surface area contributed by atoms with E-state index in [1.54, 1.807) is 19.1 Å². The lowest BCUT2D eigenvalue weighted by Gasteiger charge is -2.38. The summed E-state index contributed by atoms with van der Waals surface area (Å²) in [6, 6.07) is 5.36. The molecule has 0 radical (unpaired) electrons. The topological polar surface area (TPSA) is 100 Å². The molecule has 1 aromatic carbocycles. The average Bonchev–Trinajstić information content (AvgIpc) is 3.25. The molecule has 0 fully saturated rings. The van der Waals surface area contributed by atoms with Crippen molar-refractivity contribution in [1.29, 1.82) is 0 Å². The highest BCUT2D eigenvalue weighted by Crippen LogP contribution is 2.47. The first-order valence-corrected chi connectivity index (χ1v) is 11.2. The van der Waals surface area contributed by atoms with Crippen LogP contribution in [0.2, 0.25) is 0 Å². The number of hydrogen-bond acceptors (Lipinski definition) is 8. The van der Waals surface area contributed by atoms with E-state index in [0.717, 1.165) is 0 Å². The maximum atomic E-state index is 13.7. The Kier molecular flexibility index (Phi) is 6.19. The van der Waals surface area contributed by atoms with E-state index in [0.29, 0.717) is 52.4 Å². The van der Waals surface area contributed by atoms with Gasteiger partial charge in [0, 0.05) is 22.9 Å². The molecule has 2 aliphatic heterocycles. The van der Waals surface area contributed by atoms with Gasteiger partial charge in [0.1, 0.15) is 5.92 Å². The second-order valence-corrected chi connectivity index (χ2v) is 8.77. The molecule has 4 rings (SSSR count). The van der Waals surface area contributed by atoms with Crippen molar-refractivity contribution >= 4 is 17.7 Å². The third-order valence-electron chi connectivity index (χ3n) is 6.58. The number of carbonyl (C=O) groups excluding carboxylic acids is 3. The number of methoxy groups -OCH3 is 1. The molecular formula is C25H29NO7. The fraction of sp³-hybridized carbons (Fsp3) is 0.480. The van der Waals surface area contributed by atoms with Gasteiger partial charge in [-0.25, -0.2) is 4.79 Å². The number of benzene rings is 1. The van der Waals surface area contributed by atoms with Crippen LogP contribution in [0.25, 0.3) is 0 Å². The van der Waals surface area contributed by atoms with Gasteiger partial charge in [-0.2, -0.15) is 0 Å². The summed E-state index contributed by atoms with van der Waals surface area (Å²) in [5.41, 5.74) is 2.77. The highest BCUT2D eigenvalue weighted by atomic mass is 16.7. The number of Topliss-reactive ketones (excluding diaryl/α,β-unsaturated/α-hetero) is 1. The summed E-state index contributed by atoms with van der Waals surface area (Å²) >= 11 is 0. The van der Waals surface area contributed by atoms with Crippen molar-refractivity contribution < 1.29 is 33.3 Å².